The van der Waals surface area contributed by atoms with E-state index in [2.05, 4.69) is 9.97 Å². The third kappa shape index (κ3) is 4.74. The van der Waals surface area contributed by atoms with Crippen molar-refractivity contribution in [1.29, 1.82) is 0 Å². The number of hydrogen-bond acceptors (Lipinski definition) is 5. The third-order valence-corrected chi connectivity index (χ3v) is 3.23. The average Bonchev–Trinajstić information content (AvgIpc) is 2.53. The molecule has 0 saturated carbocycles. The van der Waals surface area contributed by atoms with Gasteiger partial charge in [0.05, 0.1) is 12.7 Å². The number of rotatable bonds is 6. The number of alkyl halides is 3. The van der Waals surface area contributed by atoms with Gasteiger partial charge in [0.1, 0.15) is 11.3 Å². The van der Waals surface area contributed by atoms with Gasteiger partial charge in [-0.3, -0.25) is 0 Å². The van der Waals surface area contributed by atoms with Crippen LogP contribution in [0.1, 0.15) is 26.3 Å². The van der Waals surface area contributed by atoms with Gasteiger partial charge in [0.2, 0.25) is 0 Å². The summed E-state index contributed by atoms with van der Waals surface area (Å²) in [5.74, 6) is 0.278. The highest BCUT2D eigenvalue weighted by Gasteiger charge is 2.36. The van der Waals surface area contributed by atoms with E-state index in [0.717, 1.165) is 6.20 Å². The number of anilines is 2. The molecule has 2 aromatic rings. The Bertz CT molecular complexity index is 721. The highest BCUT2D eigenvalue weighted by Crippen LogP contribution is 2.38. The lowest BCUT2D eigenvalue weighted by atomic mass is 10.2. The molecule has 0 bridgehead atoms. The maximum atomic E-state index is 13.3. The summed E-state index contributed by atoms with van der Waals surface area (Å²) in [7, 11) is 1.50. The van der Waals surface area contributed by atoms with Gasteiger partial charge in [0, 0.05) is 25.0 Å². The van der Waals surface area contributed by atoms with Gasteiger partial charge in [-0.2, -0.15) is 18.2 Å². The van der Waals surface area contributed by atoms with Gasteiger partial charge in [-0.1, -0.05) is 6.07 Å². The standard InChI is InChI=1S/C17H20F3N3O2/c1-5-24-13-8-6-7-12(9-13)23(4)15-14(17(18,19)20)10-21-16(22-15)25-11(2)3/h6-11H,5H2,1-4H3. The highest BCUT2D eigenvalue weighted by atomic mass is 19.4. The van der Waals surface area contributed by atoms with E-state index in [4.69, 9.17) is 9.47 Å². The molecule has 5 nitrogen and oxygen atoms in total. The van der Waals surface area contributed by atoms with Crippen LogP contribution in [0.5, 0.6) is 11.8 Å². The lowest BCUT2D eigenvalue weighted by Gasteiger charge is -2.23. The Morgan fingerprint density at radius 2 is 1.96 bits per heavy atom. The van der Waals surface area contributed by atoms with Crippen LogP contribution in [0.4, 0.5) is 24.7 Å². The second kappa shape index (κ2) is 7.58. The van der Waals surface area contributed by atoms with Crippen molar-refractivity contribution in [1.82, 2.24) is 9.97 Å². The average molecular weight is 355 g/mol. The zero-order chi connectivity index (χ0) is 18.6. The Kier molecular flexibility index (Phi) is 5.71. The summed E-state index contributed by atoms with van der Waals surface area (Å²) in [6.45, 7) is 5.78. The Morgan fingerprint density at radius 3 is 2.56 bits per heavy atom. The fourth-order valence-electron chi connectivity index (χ4n) is 2.15. The van der Waals surface area contributed by atoms with E-state index in [1.165, 1.54) is 11.9 Å². The zero-order valence-electron chi connectivity index (χ0n) is 14.5. The molecule has 0 N–H and O–H groups in total. The van der Waals surface area contributed by atoms with Gasteiger partial charge in [0.25, 0.3) is 0 Å². The van der Waals surface area contributed by atoms with E-state index in [1.807, 2.05) is 6.92 Å². The van der Waals surface area contributed by atoms with E-state index in [1.54, 1.807) is 38.1 Å². The van der Waals surface area contributed by atoms with Gasteiger partial charge in [-0.25, -0.2) is 4.98 Å². The summed E-state index contributed by atoms with van der Waals surface area (Å²) in [6.07, 6.45) is -4.10. The van der Waals surface area contributed by atoms with Crippen molar-refractivity contribution in [3.8, 4) is 11.8 Å². The Labute approximate surface area is 144 Å². The smallest absolute Gasteiger partial charge is 0.421 e. The quantitative estimate of drug-likeness (QED) is 0.766. The molecule has 0 aliphatic heterocycles. The van der Waals surface area contributed by atoms with Crippen LogP contribution in [0, 0.1) is 0 Å². The second-order valence-electron chi connectivity index (χ2n) is 5.54. The molecular weight excluding hydrogens is 335 g/mol. The second-order valence-corrected chi connectivity index (χ2v) is 5.54. The normalized spacial score (nSPS) is 11.5. The minimum absolute atomic E-state index is 0.106. The molecule has 1 aromatic heterocycles. The molecule has 2 rings (SSSR count). The molecule has 1 aromatic carbocycles. The van der Waals surface area contributed by atoms with Crippen LogP contribution in [0.25, 0.3) is 0 Å². The summed E-state index contributed by atoms with van der Waals surface area (Å²) in [5.41, 5.74) is -0.432. The van der Waals surface area contributed by atoms with E-state index >= 15 is 0 Å². The Hall–Kier alpha value is -2.51. The fraction of sp³-hybridized carbons (Fsp3) is 0.412. The summed E-state index contributed by atoms with van der Waals surface area (Å²) < 4.78 is 50.8. The number of halogens is 3. The molecule has 1 heterocycles. The molecule has 0 aliphatic carbocycles. The minimum atomic E-state index is -4.59. The number of ether oxygens (including phenoxy) is 2. The number of nitrogens with zero attached hydrogens (tertiary/aromatic N) is 3. The van der Waals surface area contributed by atoms with Crippen molar-refractivity contribution in [2.24, 2.45) is 0 Å². The molecular formula is C17H20F3N3O2. The van der Waals surface area contributed by atoms with Crippen molar-refractivity contribution in [3.63, 3.8) is 0 Å². The Morgan fingerprint density at radius 1 is 1.24 bits per heavy atom. The van der Waals surface area contributed by atoms with Gasteiger partial charge in [-0.05, 0) is 32.9 Å². The monoisotopic (exact) mass is 355 g/mol. The summed E-state index contributed by atoms with van der Waals surface area (Å²) >= 11 is 0. The predicted octanol–water partition coefficient (Wildman–Crippen LogP) is 4.45. The van der Waals surface area contributed by atoms with Crippen LogP contribution in [-0.2, 0) is 6.18 Å². The molecule has 0 saturated heterocycles. The molecule has 25 heavy (non-hydrogen) atoms. The van der Waals surface area contributed by atoms with Crippen LogP contribution < -0.4 is 14.4 Å². The molecule has 0 radical (unpaired) electrons. The van der Waals surface area contributed by atoms with Gasteiger partial charge in [0.15, 0.2) is 5.82 Å². The number of benzene rings is 1. The first-order valence-corrected chi connectivity index (χ1v) is 7.79. The fourth-order valence-corrected chi connectivity index (χ4v) is 2.15. The van der Waals surface area contributed by atoms with Crippen LogP contribution in [0.15, 0.2) is 30.5 Å². The molecule has 0 spiro atoms. The third-order valence-electron chi connectivity index (χ3n) is 3.23. The van der Waals surface area contributed by atoms with Crippen LogP contribution in [-0.4, -0.2) is 29.7 Å². The topological polar surface area (TPSA) is 47.5 Å². The Balaban J connectivity index is 2.48. The van der Waals surface area contributed by atoms with E-state index in [-0.39, 0.29) is 17.9 Å². The number of hydrogen-bond donors (Lipinski definition) is 0. The van der Waals surface area contributed by atoms with Crippen LogP contribution in [0.3, 0.4) is 0 Å². The molecule has 0 atom stereocenters. The molecule has 0 aliphatic rings. The zero-order valence-corrected chi connectivity index (χ0v) is 14.5. The van der Waals surface area contributed by atoms with Crippen molar-refractivity contribution >= 4 is 11.5 Å². The first-order chi connectivity index (χ1) is 11.7. The first-order valence-electron chi connectivity index (χ1n) is 7.79. The maximum Gasteiger partial charge on any atom is 0.421 e. The number of aromatic nitrogens is 2. The van der Waals surface area contributed by atoms with Gasteiger partial charge in [-0.15, -0.1) is 0 Å². The molecule has 0 unspecified atom stereocenters. The maximum absolute atomic E-state index is 13.3. The van der Waals surface area contributed by atoms with E-state index in [0.29, 0.717) is 18.0 Å². The first kappa shape index (κ1) is 18.8. The van der Waals surface area contributed by atoms with Crippen molar-refractivity contribution in [2.45, 2.75) is 33.1 Å². The van der Waals surface area contributed by atoms with Gasteiger partial charge < -0.3 is 14.4 Å². The SMILES string of the molecule is CCOc1cccc(N(C)c2nc(OC(C)C)ncc2C(F)(F)F)c1. The summed E-state index contributed by atoms with van der Waals surface area (Å²) in [5, 5.41) is 0. The van der Waals surface area contributed by atoms with Crippen molar-refractivity contribution < 1.29 is 22.6 Å². The van der Waals surface area contributed by atoms with Gasteiger partial charge >= 0.3 is 12.2 Å². The lowest BCUT2D eigenvalue weighted by Crippen LogP contribution is -2.20. The molecule has 0 amide bonds. The van der Waals surface area contributed by atoms with Crippen molar-refractivity contribution in [3.05, 3.63) is 36.0 Å². The van der Waals surface area contributed by atoms with Crippen LogP contribution >= 0.6 is 0 Å². The molecule has 136 valence electrons. The summed E-state index contributed by atoms with van der Waals surface area (Å²) in [4.78, 5) is 8.96. The van der Waals surface area contributed by atoms with Crippen LogP contribution in [0.2, 0.25) is 0 Å². The summed E-state index contributed by atoms with van der Waals surface area (Å²) in [6, 6.07) is 6.66. The van der Waals surface area contributed by atoms with E-state index < -0.39 is 11.7 Å². The van der Waals surface area contributed by atoms with E-state index in [9.17, 15) is 13.2 Å². The lowest BCUT2D eigenvalue weighted by molar-refractivity contribution is -0.137. The highest BCUT2D eigenvalue weighted by molar-refractivity contribution is 5.64. The van der Waals surface area contributed by atoms with Crippen molar-refractivity contribution in [2.75, 3.05) is 18.6 Å². The largest absolute Gasteiger partial charge is 0.494 e. The predicted molar refractivity (Wildman–Crippen MR) is 88.5 cm³/mol. The minimum Gasteiger partial charge on any atom is -0.494 e. The molecule has 0 fully saturated rings. The molecule has 8 heteroatoms.